The van der Waals surface area contributed by atoms with Gasteiger partial charge in [-0.05, 0) is 24.3 Å². The molecule has 0 heterocycles. The molecule has 0 unspecified atom stereocenters. The second-order valence-corrected chi connectivity index (χ2v) is 7.45. The zero-order valence-electron chi connectivity index (χ0n) is 22.4. The van der Waals surface area contributed by atoms with Gasteiger partial charge in [0.25, 0.3) is 0 Å². The maximum atomic E-state index is 7.11. The molecule has 2 N–H and O–H groups in total. The Morgan fingerprint density at radius 1 is 0.575 bits per heavy atom. The van der Waals surface area contributed by atoms with Crippen LogP contribution in [0.3, 0.4) is 0 Å². The average Bonchev–Trinajstić information content (AvgIpc) is 3.78. The summed E-state index contributed by atoms with van der Waals surface area (Å²) in [6.07, 6.45) is 0. The van der Waals surface area contributed by atoms with E-state index >= 15 is 0 Å². The van der Waals surface area contributed by atoms with Gasteiger partial charge < -0.3 is 51.3 Å². The molecule has 0 fully saturated rings. The fourth-order valence-electron chi connectivity index (χ4n) is 2.82. The van der Waals surface area contributed by atoms with Gasteiger partial charge in [-0.15, -0.1) is 11.4 Å². The second-order valence-electron chi connectivity index (χ2n) is 7.45. The third kappa shape index (κ3) is 16.5. The first-order chi connectivity index (χ1) is 18.6. The van der Waals surface area contributed by atoms with Gasteiger partial charge >= 0.3 is 0 Å². The third-order valence-electron chi connectivity index (χ3n) is 4.75. The fraction of sp³-hybridized carbons (Fsp3) is 0.0588. The van der Waals surface area contributed by atoms with E-state index in [1.807, 2.05) is 30.3 Å². The van der Waals surface area contributed by atoms with Crippen molar-refractivity contribution in [3.05, 3.63) is 169 Å². The third-order valence-corrected chi connectivity index (χ3v) is 4.75. The maximum Gasteiger partial charge on any atom is 0.118 e. The molecule has 0 aliphatic rings. The molecule has 6 aromatic rings. The molecule has 2 radical (unpaired) electrons. The summed E-state index contributed by atoms with van der Waals surface area (Å²) in [5, 5.41) is 0. The van der Waals surface area contributed by atoms with Gasteiger partial charge in [0.15, 0.2) is 0 Å². The van der Waals surface area contributed by atoms with Crippen molar-refractivity contribution in [2.24, 2.45) is 0 Å². The van der Waals surface area contributed by atoms with Gasteiger partial charge in [-0.2, -0.15) is 77.9 Å². The largest absolute Gasteiger partial charge is 0.999 e. The summed E-state index contributed by atoms with van der Waals surface area (Å²) < 4.78 is 9.77. The molecule has 4 nitrogen and oxygen atoms in total. The molecule has 0 aliphatic carbocycles. The monoisotopic (exact) mass is 684 g/mol. The van der Waals surface area contributed by atoms with Crippen LogP contribution in [-0.2, 0) is 44.8 Å². The van der Waals surface area contributed by atoms with Crippen LogP contribution in [0.15, 0.2) is 133 Å². The Labute approximate surface area is 270 Å². The quantitative estimate of drug-likeness (QED) is 0.138. The number of nitrogens with one attached hydrogen (secondary N) is 2. The zero-order valence-corrected chi connectivity index (χ0v) is 26.8. The molecular weight excluding hydrogens is 654 g/mol. The van der Waals surface area contributed by atoms with E-state index < -0.39 is 0 Å². The Balaban J connectivity index is 0.000000481. The van der Waals surface area contributed by atoms with Gasteiger partial charge in [0.1, 0.15) is 11.5 Å². The molecule has 0 spiro atoms. The van der Waals surface area contributed by atoms with Crippen LogP contribution >= 0.6 is 0 Å². The Morgan fingerprint density at radius 3 is 1.15 bits per heavy atom. The van der Waals surface area contributed by atoms with Crippen molar-refractivity contribution in [2.75, 3.05) is 14.2 Å². The smallest absolute Gasteiger partial charge is 0.118 e. The van der Waals surface area contributed by atoms with Crippen molar-refractivity contribution in [1.82, 2.24) is 0 Å². The molecule has 40 heavy (non-hydrogen) atoms. The fourth-order valence-corrected chi connectivity index (χ4v) is 2.82. The zero-order chi connectivity index (χ0) is 27.3. The van der Waals surface area contributed by atoms with Gasteiger partial charge in [0.2, 0.25) is 0 Å². The van der Waals surface area contributed by atoms with Crippen molar-refractivity contribution in [2.45, 2.75) is 0 Å². The van der Waals surface area contributed by atoms with Gasteiger partial charge in [0, 0.05) is 44.8 Å². The number of methoxy groups -OCH3 is 2. The van der Waals surface area contributed by atoms with E-state index in [0.29, 0.717) is 11.4 Å². The summed E-state index contributed by atoms with van der Waals surface area (Å²) >= 11 is 0. The van der Waals surface area contributed by atoms with E-state index in [9.17, 15) is 0 Å². The number of ether oxygens (including phenoxy) is 2. The van der Waals surface area contributed by atoms with Crippen LogP contribution in [0.25, 0.3) is 22.6 Å². The van der Waals surface area contributed by atoms with E-state index in [1.54, 1.807) is 68.8 Å². The molecule has 0 amide bonds. The number of hydrogen-bond donors (Lipinski definition) is 0. The van der Waals surface area contributed by atoms with E-state index in [1.165, 1.54) is 11.1 Å². The average molecular weight is 684 g/mol. The minimum absolute atomic E-state index is 0. The van der Waals surface area contributed by atoms with Crippen LogP contribution < -0.4 is 9.47 Å². The van der Waals surface area contributed by atoms with E-state index in [0.717, 1.165) is 11.5 Å². The molecule has 0 aromatic heterocycles. The van der Waals surface area contributed by atoms with Crippen molar-refractivity contribution in [3.63, 3.8) is 0 Å². The molecule has 0 bridgehead atoms. The predicted molar refractivity (Wildman–Crippen MR) is 156 cm³/mol. The SMILES string of the molecule is COc1ccc([NH-])cc1.COc1ccc([NH-])cc1.[Nb].[Nb].[c-]1[c-][c-][cH-][c-]1.c1cc[c-](-[c-]2cccc2)c1.c1cc[cH-]c1. The van der Waals surface area contributed by atoms with Crippen molar-refractivity contribution in [3.8, 4) is 22.6 Å². The predicted octanol–water partition coefficient (Wildman–Crippen LogP) is 9.56. The molecule has 0 aliphatic heterocycles. The molecule has 0 saturated heterocycles. The molecule has 0 atom stereocenters. The Bertz CT molecular complexity index is 1120. The van der Waals surface area contributed by atoms with Crippen molar-refractivity contribution < 1.29 is 54.2 Å². The summed E-state index contributed by atoms with van der Waals surface area (Å²) in [6, 6.07) is 52.6. The first-order valence-corrected chi connectivity index (χ1v) is 11.8. The number of hydrogen-bond acceptors (Lipinski definition) is 2. The summed E-state index contributed by atoms with van der Waals surface area (Å²) in [5.41, 5.74) is 17.9. The van der Waals surface area contributed by atoms with Crippen LogP contribution in [0.1, 0.15) is 0 Å². The minimum atomic E-state index is 0. The van der Waals surface area contributed by atoms with Crippen LogP contribution in [0.5, 0.6) is 11.5 Å². The van der Waals surface area contributed by atoms with Crippen molar-refractivity contribution in [1.29, 1.82) is 0 Å². The Morgan fingerprint density at radius 2 is 0.925 bits per heavy atom. The van der Waals surface area contributed by atoms with E-state index in [-0.39, 0.29) is 44.8 Å². The minimum Gasteiger partial charge on any atom is -0.999 e. The summed E-state index contributed by atoms with van der Waals surface area (Å²) in [6.45, 7) is 0. The number of benzene rings is 2. The van der Waals surface area contributed by atoms with E-state index in [4.69, 9.17) is 20.9 Å². The molecule has 6 aromatic carbocycles. The van der Waals surface area contributed by atoms with E-state index in [2.05, 4.69) is 72.8 Å². The maximum absolute atomic E-state index is 7.11. The Hall–Kier alpha value is -3.48. The molecule has 6 heteroatoms. The molecule has 0 saturated carbocycles. The Kier molecular flexibility index (Phi) is 21.4. The topological polar surface area (TPSA) is 66.1 Å². The first kappa shape index (κ1) is 36.5. The number of rotatable bonds is 3. The second kappa shape index (κ2) is 23.4. The first-order valence-electron chi connectivity index (χ1n) is 11.8. The van der Waals surface area contributed by atoms with Crippen LogP contribution in [0.2, 0.25) is 0 Å². The summed E-state index contributed by atoms with van der Waals surface area (Å²) in [7, 11) is 3.22. The summed E-state index contributed by atoms with van der Waals surface area (Å²) in [4.78, 5) is 0. The van der Waals surface area contributed by atoms with Crippen LogP contribution in [0.4, 0.5) is 11.4 Å². The van der Waals surface area contributed by atoms with Gasteiger partial charge in [-0.1, -0.05) is 24.3 Å². The summed E-state index contributed by atoms with van der Waals surface area (Å²) in [5.74, 6) is 1.59. The standard InChI is InChI=1S/C10H8.2C7H8NO.C5H5.C5H.2Nb/c1-2-6-9(5-1)10-7-3-4-8-10;2*1-9-7-4-2-6(8)3-5-7;2*1-2-4-5-3-1;;/h1-8H;2*2-5,8H,1H3;1-5H;1H;;/q-2;3*-1;-5;;. The normalized spacial score (nSPS) is 8.55. The van der Waals surface area contributed by atoms with Gasteiger partial charge in [0.05, 0.1) is 14.2 Å². The van der Waals surface area contributed by atoms with Crippen LogP contribution in [0, 0.1) is 24.3 Å². The van der Waals surface area contributed by atoms with Crippen molar-refractivity contribution >= 4 is 11.4 Å². The van der Waals surface area contributed by atoms with Gasteiger partial charge in [-0.3, -0.25) is 0 Å². The van der Waals surface area contributed by atoms with Gasteiger partial charge in [-0.25, -0.2) is 12.1 Å². The van der Waals surface area contributed by atoms with Crippen LogP contribution in [-0.4, -0.2) is 14.2 Å². The molecular formula is C34H30N2Nb2O2-10. The molecule has 208 valence electrons. The molecule has 6 rings (SSSR count).